The average molecular weight is 151 g/mol. The molecule has 1 N–H and O–H groups in total. The van der Waals surface area contributed by atoms with Crippen LogP contribution in [0.1, 0.15) is 0 Å². The van der Waals surface area contributed by atoms with Gasteiger partial charge in [0.1, 0.15) is 0 Å². The van der Waals surface area contributed by atoms with E-state index in [1.165, 1.54) is 9.44 Å². The third kappa shape index (κ3) is 1.37. The normalized spacial score (nSPS) is 14.9. The fourth-order valence-electron chi connectivity index (χ4n) is 0.846. The van der Waals surface area contributed by atoms with E-state index in [4.69, 9.17) is 19.3 Å². The fraction of sp³-hybridized carbons (Fsp3) is 0. The summed E-state index contributed by atoms with van der Waals surface area (Å²) in [4.78, 5) is 0. The van der Waals surface area contributed by atoms with Gasteiger partial charge in [0.2, 0.25) is 0 Å². The van der Waals surface area contributed by atoms with Gasteiger partial charge in [-0.1, -0.05) is 12.8 Å². The van der Waals surface area contributed by atoms with Gasteiger partial charge >= 0.3 is 22.1 Å². The van der Waals surface area contributed by atoms with Gasteiger partial charge in [-0.15, -0.1) is 12.2 Å². The van der Waals surface area contributed by atoms with E-state index in [0.29, 0.717) is 0 Å². The van der Waals surface area contributed by atoms with Gasteiger partial charge in [-0.2, -0.15) is 0 Å². The summed E-state index contributed by atoms with van der Waals surface area (Å²) in [5.41, 5.74) is 0. The van der Waals surface area contributed by atoms with Crippen LogP contribution >= 0.6 is 0 Å². The number of hydrogen-bond acceptors (Lipinski definition) is 3. The maximum absolute atomic E-state index is 5.24. The molecule has 0 amide bonds. The van der Waals surface area contributed by atoms with Gasteiger partial charge in [-0.3, -0.25) is 0 Å². The van der Waals surface area contributed by atoms with Crippen LogP contribution in [0.2, 0.25) is 0 Å². The molecule has 1 aliphatic rings. The zero-order valence-corrected chi connectivity index (χ0v) is 6.36. The molecule has 2 radical (unpaired) electrons. The highest BCUT2D eigenvalue weighted by atomic mass is 15.2. The topological polar surface area (TPSA) is 18.5 Å². The summed E-state index contributed by atoms with van der Waals surface area (Å²) in [6.45, 7) is -0.402. The Morgan fingerprint density at radius 2 is 1.58 bits per heavy atom. The van der Waals surface area contributed by atoms with Crippen molar-refractivity contribution in [3.05, 3.63) is 0 Å². The Morgan fingerprint density at radius 3 is 1.92 bits per heavy atom. The molecule has 0 aromatic carbocycles. The second kappa shape index (κ2) is 3.72. The molecule has 52 valence electrons. The molecule has 0 saturated carbocycles. The predicted molar refractivity (Wildman–Crippen MR) is 50.6 cm³/mol. The first-order chi connectivity index (χ1) is 5.83. The summed E-state index contributed by atoms with van der Waals surface area (Å²) < 4.78 is 2.94. The van der Waals surface area contributed by atoms with E-state index in [-0.39, 0.29) is 0 Å². The minimum atomic E-state index is -0.402. The van der Waals surface area contributed by atoms with E-state index >= 15 is 0 Å². The molecular weight excluding hydrogens is 147 g/mol. The van der Waals surface area contributed by atoms with Crippen molar-refractivity contribution in [1.29, 1.82) is 0 Å². The monoisotopic (exact) mass is 151 g/mol. The molecule has 1 aliphatic heterocycles. The van der Waals surface area contributed by atoms with Gasteiger partial charge in [0.15, 0.2) is 0 Å². The van der Waals surface area contributed by atoms with Crippen molar-refractivity contribution >= 4 is 22.1 Å². The molecule has 6 heteroatoms. The van der Waals surface area contributed by atoms with Crippen LogP contribution < -0.4 is 5.14 Å². The molecule has 0 aliphatic carbocycles. The Bertz CT molecular complexity index is 262. The van der Waals surface area contributed by atoms with E-state index < -0.39 is 6.98 Å². The van der Waals surface area contributed by atoms with Crippen molar-refractivity contribution in [3.8, 4) is 37.2 Å². The number of nitrogens with one attached hydrogen (secondary N) is 1. The Kier molecular flexibility index (Phi) is 2.64. The maximum Gasteiger partial charge on any atom is 0.455 e. The molecular formula is C6H4B3N3. The van der Waals surface area contributed by atoms with Gasteiger partial charge in [-0.05, 0) is 12.1 Å². The predicted octanol–water partition coefficient (Wildman–Crippen LogP) is -1.90. The van der Waals surface area contributed by atoms with Crippen LogP contribution in [0, 0.1) is 37.2 Å². The molecule has 0 spiro atoms. The third-order valence-corrected chi connectivity index (χ3v) is 1.40. The lowest BCUT2D eigenvalue weighted by Crippen LogP contribution is -2.63. The second-order valence-corrected chi connectivity index (χ2v) is 2.04. The molecule has 1 rings (SSSR count). The molecule has 1 saturated heterocycles. The molecule has 0 bridgehead atoms. The highest BCUT2D eigenvalue weighted by Gasteiger charge is 2.31. The van der Waals surface area contributed by atoms with Crippen LogP contribution in [-0.2, 0) is 0 Å². The lowest BCUT2D eigenvalue weighted by Gasteiger charge is -2.32. The number of nitrogens with zero attached hydrogens (tertiary/aromatic N) is 2. The standard InChI is InChI=1S/C6H4B3N3/c1-4-9-11(5-2)7-10-8-12(9)6-3/h1-3,10H. The van der Waals surface area contributed by atoms with Gasteiger partial charge in [0, 0.05) is 0 Å². The van der Waals surface area contributed by atoms with Crippen molar-refractivity contribution in [2.24, 2.45) is 0 Å². The van der Waals surface area contributed by atoms with Crippen molar-refractivity contribution in [1.82, 2.24) is 14.6 Å². The SMILES string of the molecule is C#CB1N(C#C)[B]N[B]N1C#C. The molecule has 1 heterocycles. The molecule has 0 unspecified atom stereocenters. The van der Waals surface area contributed by atoms with Crippen molar-refractivity contribution in [2.45, 2.75) is 0 Å². The molecule has 0 aromatic heterocycles. The van der Waals surface area contributed by atoms with Crippen LogP contribution in [-0.4, -0.2) is 31.5 Å². The highest BCUT2D eigenvalue weighted by Crippen LogP contribution is 1.98. The summed E-state index contributed by atoms with van der Waals surface area (Å²) in [5.74, 6) is 2.47. The van der Waals surface area contributed by atoms with Gasteiger partial charge in [0.25, 0.3) is 0 Å². The summed E-state index contributed by atoms with van der Waals surface area (Å²) in [6.07, 6.45) is 15.6. The summed E-state index contributed by atoms with van der Waals surface area (Å²) in [6, 6.07) is 4.77. The lowest BCUT2D eigenvalue weighted by atomic mass is 9.61. The van der Waals surface area contributed by atoms with Crippen LogP contribution in [0.4, 0.5) is 0 Å². The largest absolute Gasteiger partial charge is 0.455 e. The zero-order chi connectivity index (χ0) is 8.97. The smallest absolute Gasteiger partial charge is 0.379 e. The number of hydrogen-bond donors (Lipinski definition) is 1. The second-order valence-electron chi connectivity index (χ2n) is 2.04. The number of terminal acetylenes is 3. The first-order valence-electron chi connectivity index (χ1n) is 3.21. The Hall–Kier alpha value is -1.57. The van der Waals surface area contributed by atoms with Crippen LogP contribution in [0.5, 0.6) is 0 Å². The first-order valence-corrected chi connectivity index (χ1v) is 3.21. The van der Waals surface area contributed by atoms with Crippen molar-refractivity contribution in [3.63, 3.8) is 0 Å². The third-order valence-electron chi connectivity index (χ3n) is 1.40. The number of rotatable bonds is 0. The summed E-state index contributed by atoms with van der Waals surface area (Å²) in [5, 5.41) is 2.77. The van der Waals surface area contributed by atoms with E-state index in [9.17, 15) is 0 Å². The van der Waals surface area contributed by atoms with Crippen LogP contribution in [0.3, 0.4) is 0 Å². The molecule has 0 atom stereocenters. The molecule has 12 heavy (non-hydrogen) atoms. The Labute approximate surface area is 74.6 Å². The summed E-state index contributed by atoms with van der Waals surface area (Å²) in [7, 11) is 3.16. The zero-order valence-electron chi connectivity index (χ0n) is 6.36. The molecule has 0 aromatic rings. The Balaban J connectivity index is 2.77. The van der Waals surface area contributed by atoms with E-state index in [2.05, 4.69) is 23.0 Å². The van der Waals surface area contributed by atoms with Gasteiger partial charge in [-0.25, -0.2) is 0 Å². The minimum absolute atomic E-state index is 0.402. The minimum Gasteiger partial charge on any atom is -0.379 e. The highest BCUT2D eigenvalue weighted by molar-refractivity contribution is 6.80. The fourth-order valence-corrected chi connectivity index (χ4v) is 0.846. The average Bonchev–Trinajstić information content (AvgIpc) is 2.16. The van der Waals surface area contributed by atoms with Gasteiger partial charge < -0.3 is 14.6 Å². The van der Waals surface area contributed by atoms with Crippen molar-refractivity contribution in [2.75, 3.05) is 0 Å². The lowest BCUT2D eigenvalue weighted by molar-refractivity contribution is 0.790. The van der Waals surface area contributed by atoms with Gasteiger partial charge in [0.05, 0.1) is 0 Å². The van der Waals surface area contributed by atoms with E-state index in [1.54, 1.807) is 15.1 Å². The Morgan fingerprint density at radius 1 is 1.08 bits per heavy atom. The maximum atomic E-state index is 5.24. The molecule has 3 nitrogen and oxygen atoms in total. The van der Waals surface area contributed by atoms with Crippen LogP contribution in [0.15, 0.2) is 0 Å². The first kappa shape index (κ1) is 8.53. The molecule has 1 fully saturated rings. The van der Waals surface area contributed by atoms with E-state index in [1.807, 2.05) is 0 Å². The van der Waals surface area contributed by atoms with Crippen molar-refractivity contribution < 1.29 is 0 Å². The van der Waals surface area contributed by atoms with E-state index in [0.717, 1.165) is 0 Å². The summed E-state index contributed by atoms with van der Waals surface area (Å²) >= 11 is 0. The van der Waals surface area contributed by atoms with Crippen LogP contribution in [0.25, 0.3) is 0 Å². The quantitative estimate of drug-likeness (QED) is 0.322.